The Labute approximate surface area is 164 Å². The van der Waals surface area contributed by atoms with Gasteiger partial charge in [0, 0.05) is 19.4 Å². The van der Waals surface area contributed by atoms with Gasteiger partial charge in [0.1, 0.15) is 0 Å². The summed E-state index contributed by atoms with van der Waals surface area (Å²) in [7, 11) is 0. The summed E-state index contributed by atoms with van der Waals surface area (Å²) < 4.78 is 0. The number of amides is 4. The van der Waals surface area contributed by atoms with Crippen molar-refractivity contribution in [2.45, 2.75) is 39.0 Å². The van der Waals surface area contributed by atoms with E-state index in [1.165, 1.54) is 4.90 Å². The number of nitrogens with one attached hydrogen (secondary N) is 2. The van der Waals surface area contributed by atoms with Crippen LogP contribution in [0.25, 0.3) is 0 Å². The fourth-order valence-corrected chi connectivity index (χ4v) is 3.66. The number of carbonyl (C=O) groups excluding carboxylic acids is 4. The molecule has 7 heteroatoms. The molecule has 0 unspecified atom stereocenters. The molecule has 1 heterocycles. The summed E-state index contributed by atoms with van der Waals surface area (Å²) >= 11 is 0. The van der Waals surface area contributed by atoms with E-state index in [0.717, 1.165) is 6.42 Å². The molecule has 7 nitrogen and oxygen atoms in total. The standard InChI is InChI=1S/C21H25N3O4/c1-2-7-18(25)22-16-10-5-6-11-17(16)23-19(26)12-13-24-20(27)14-8-3-4-9-15(14)21(24)28/h3-6,10-11,14-15H,2,7-9,12-13H2,1H3,(H,22,25)(H,23,26)/t14-,15+. The number of nitrogens with zero attached hydrogens (tertiary/aromatic N) is 1. The van der Waals surface area contributed by atoms with Crippen LogP contribution in [-0.4, -0.2) is 35.1 Å². The van der Waals surface area contributed by atoms with E-state index < -0.39 is 0 Å². The number of para-hydroxylation sites is 2. The number of fused-ring (bicyclic) bond motifs is 1. The Morgan fingerprint density at radius 3 is 1.93 bits per heavy atom. The Morgan fingerprint density at radius 2 is 1.43 bits per heavy atom. The predicted molar refractivity (Wildman–Crippen MR) is 105 cm³/mol. The van der Waals surface area contributed by atoms with Crippen LogP contribution in [0.5, 0.6) is 0 Å². The maximum atomic E-state index is 12.4. The molecule has 0 saturated carbocycles. The predicted octanol–water partition coefficient (Wildman–Crippen LogP) is 2.71. The number of hydrogen-bond acceptors (Lipinski definition) is 4. The van der Waals surface area contributed by atoms with Crippen molar-refractivity contribution < 1.29 is 19.2 Å². The van der Waals surface area contributed by atoms with Gasteiger partial charge in [-0.1, -0.05) is 31.2 Å². The zero-order valence-electron chi connectivity index (χ0n) is 15.9. The quantitative estimate of drug-likeness (QED) is 0.559. The Balaban J connectivity index is 1.57. The molecule has 2 N–H and O–H groups in total. The summed E-state index contributed by atoms with van der Waals surface area (Å²) in [6, 6.07) is 6.95. The van der Waals surface area contributed by atoms with Crippen LogP contribution in [0, 0.1) is 11.8 Å². The van der Waals surface area contributed by atoms with Gasteiger partial charge < -0.3 is 10.6 Å². The molecule has 0 radical (unpaired) electrons. The van der Waals surface area contributed by atoms with E-state index in [1.807, 2.05) is 19.1 Å². The van der Waals surface area contributed by atoms with E-state index in [4.69, 9.17) is 0 Å². The second-order valence-corrected chi connectivity index (χ2v) is 7.13. The van der Waals surface area contributed by atoms with E-state index in [-0.39, 0.29) is 48.4 Å². The van der Waals surface area contributed by atoms with Crippen LogP contribution in [0.2, 0.25) is 0 Å². The van der Waals surface area contributed by atoms with Gasteiger partial charge >= 0.3 is 0 Å². The van der Waals surface area contributed by atoms with Crippen LogP contribution in [0.15, 0.2) is 36.4 Å². The Hall–Kier alpha value is -2.96. The second-order valence-electron chi connectivity index (χ2n) is 7.13. The lowest BCUT2D eigenvalue weighted by Crippen LogP contribution is -2.34. The molecule has 1 aromatic rings. The molecule has 2 aliphatic rings. The first kappa shape index (κ1) is 19.8. The lowest BCUT2D eigenvalue weighted by Gasteiger charge is -2.15. The van der Waals surface area contributed by atoms with Crippen molar-refractivity contribution in [1.29, 1.82) is 0 Å². The van der Waals surface area contributed by atoms with Crippen molar-refractivity contribution in [3.63, 3.8) is 0 Å². The number of imide groups is 1. The molecule has 4 amide bonds. The molecule has 2 atom stereocenters. The lowest BCUT2D eigenvalue weighted by molar-refractivity contribution is -0.140. The number of anilines is 2. The highest BCUT2D eigenvalue weighted by molar-refractivity contribution is 6.06. The minimum atomic E-state index is -0.314. The van der Waals surface area contributed by atoms with Gasteiger partial charge in [0.25, 0.3) is 0 Å². The highest BCUT2D eigenvalue weighted by atomic mass is 16.2. The molecule has 0 bridgehead atoms. The zero-order chi connectivity index (χ0) is 20.1. The maximum absolute atomic E-state index is 12.4. The molecule has 3 rings (SSSR count). The molecule has 1 aliphatic heterocycles. The molecule has 148 valence electrons. The first-order valence-electron chi connectivity index (χ1n) is 9.70. The van der Waals surface area contributed by atoms with Gasteiger partial charge in [0.2, 0.25) is 23.6 Å². The van der Waals surface area contributed by atoms with Crippen molar-refractivity contribution in [1.82, 2.24) is 4.90 Å². The normalized spacial score (nSPS) is 20.8. The minimum Gasteiger partial charge on any atom is -0.324 e. The van der Waals surface area contributed by atoms with Crippen molar-refractivity contribution >= 4 is 35.0 Å². The van der Waals surface area contributed by atoms with Gasteiger partial charge in [-0.05, 0) is 31.4 Å². The molecule has 1 aliphatic carbocycles. The SMILES string of the molecule is CCCC(=O)Nc1ccccc1NC(=O)CCN1C(=O)[C@H]2CC=CC[C@H]2C1=O. The van der Waals surface area contributed by atoms with E-state index in [0.29, 0.717) is 30.6 Å². The molecular formula is C21H25N3O4. The summed E-state index contributed by atoms with van der Waals surface area (Å²) in [5.41, 5.74) is 1.02. The van der Waals surface area contributed by atoms with Crippen LogP contribution < -0.4 is 10.6 Å². The van der Waals surface area contributed by atoms with Crippen LogP contribution in [0.3, 0.4) is 0 Å². The number of benzene rings is 1. The lowest BCUT2D eigenvalue weighted by atomic mass is 9.85. The minimum absolute atomic E-state index is 0.0155. The van der Waals surface area contributed by atoms with E-state index >= 15 is 0 Å². The number of likely N-dealkylation sites (tertiary alicyclic amines) is 1. The fraction of sp³-hybridized carbons (Fsp3) is 0.429. The first-order valence-corrected chi connectivity index (χ1v) is 9.70. The van der Waals surface area contributed by atoms with Crippen molar-refractivity contribution in [2.75, 3.05) is 17.2 Å². The second kappa shape index (κ2) is 8.82. The molecule has 1 aromatic carbocycles. The highest BCUT2D eigenvalue weighted by Gasteiger charge is 2.46. The first-order chi connectivity index (χ1) is 13.5. The smallest absolute Gasteiger partial charge is 0.233 e. The molecule has 28 heavy (non-hydrogen) atoms. The van der Waals surface area contributed by atoms with Crippen LogP contribution in [-0.2, 0) is 19.2 Å². The summed E-state index contributed by atoms with van der Waals surface area (Å²) in [5.74, 6) is -1.36. The van der Waals surface area contributed by atoms with Gasteiger partial charge in [0.05, 0.1) is 23.2 Å². The van der Waals surface area contributed by atoms with Crippen molar-refractivity contribution in [3.8, 4) is 0 Å². The van der Waals surface area contributed by atoms with Gasteiger partial charge in [0.15, 0.2) is 0 Å². The summed E-state index contributed by atoms with van der Waals surface area (Å²) in [6.45, 7) is 1.99. The molecular weight excluding hydrogens is 358 g/mol. The number of rotatable bonds is 7. The molecule has 1 fully saturated rings. The topological polar surface area (TPSA) is 95.6 Å². The monoisotopic (exact) mass is 383 g/mol. The van der Waals surface area contributed by atoms with Gasteiger partial charge in [-0.2, -0.15) is 0 Å². The Morgan fingerprint density at radius 1 is 0.929 bits per heavy atom. The van der Waals surface area contributed by atoms with Crippen molar-refractivity contribution in [3.05, 3.63) is 36.4 Å². The average molecular weight is 383 g/mol. The summed E-state index contributed by atoms with van der Waals surface area (Å²) in [4.78, 5) is 50.3. The molecule has 0 aromatic heterocycles. The largest absolute Gasteiger partial charge is 0.324 e. The molecule has 0 spiro atoms. The third-order valence-corrected chi connectivity index (χ3v) is 5.11. The van der Waals surface area contributed by atoms with Gasteiger partial charge in [-0.3, -0.25) is 24.1 Å². The maximum Gasteiger partial charge on any atom is 0.233 e. The summed E-state index contributed by atoms with van der Waals surface area (Å²) in [5, 5.41) is 5.54. The highest BCUT2D eigenvalue weighted by Crippen LogP contribution is 2.35. The van der Waals surface area contributed by atoms with Crippen LogP contribution in [0.1, 0.15) is 39.0 Å². The number of allylic oxidation sites excluding steroid dienone is 2. The van der Waals surface area contributed by atoms with Crippen LogP contribution >= 0.6 is 0 Å². The zero-order valence-corrected chi connectivity index (χ0v) is 15.9. The van der Waals surface area contributed by atoms with Gasteiger partial charge in [-0.25, -0.2) is 0 Å². The Kier molecular flexibility index (Phi) is 6.23. The average Bonchev–Trinajstić information content (AvgIpc) is 2.93. The number of carbonyl (C=O) groups is 4. The van der Waals surface area contributed by atoms with Crippen molar-refractivity contribution in [2.24, 2.45) is 11.8 Å². The third-order valence-electron chi connectivity index (χ3n) is 5.11. The van der Waals surface area contributed by atoms with E-state index in [1.54, 1.807) is 24.3 Å². The summed E-state index contributed by atoms with van der Waals surface area (Å²) in [6.07, 6.45) is 6.19. The molecule has 1 saturated heterocycles. The van der Waals surface area contributed by atoms with E-state index in [9.17, 15) is 19.2 Å². The third kappa shape index (κ3) is 4.30. The van der Waals surface area contributed by atoms with Gasteiger partial charge in [-0.15, -0.1) is 0 Å². The van der Waals surface area contributed by atoms with Crippen LogP contribution in [0.4, 0.5) is 11.4 Å². The van der Waals surface area contributed by atoms with E-state index in [2.05, 4.69) is 10.6 Å². The number of hydrogen-bond donors (Lipinski definition) is 2. The fourth-order valence-electron chi connectivity index (χ4n) is 3.66. The Bertz CT molecular complexity index is 792.